The molecule has 2 aromatic rings. The highest BCUT2D eigenvalue weighted by atomic mass is 19.1. The van der Waals surface area contributed by atoms with Gasteiger partial charge in [0.15, 0.2) is 5.75 Å². The predicted octanol–water partition coefficient (Wildman–Crippen LogP) is 2.92. The summed E-state index contributed by atoms with van der Waals surface area (Å²) in [5.74, 6) is 0.515. The average molecular weight is 263 g/mol. The van der Waals surface area contributed by atoms with Crippen LogP contribution in [0.4, 0.5) is 10.1 Å². The first-order chi connectivity index (χ1) is 9.28. The van der Waals surface area contributed by atoms with Crippen LogP contribution in [-0.2, 0) is 6.54 Å². The van der Waals surface area contributed by atoms with Crippen LogP contribution in [0.25, 0.3) is 0 Å². The van der Waals surface area contributed by atoms with E-state index in [1.165, 1.54) is 12.1 Å². The molecule has 5 heteroatoms. The lowest BCUT2D eigenvalue weighted by Gasteiger charge is -2.07. The summed E-state index contributed by atoms with van der Waals surface area (Å²) >= 11 is 0. The second kappa shape index (κ2) is 6.78. The van der Waals surface area contributed by atoms with E-state index in [-0.39, 0.29) is 5.82 Å². The molecule has 2 rings (SSSR count). The SMILES string of the molecule is CCCn1cc(OCCNc2cccc(F)c2)cn1. The molecule has 0 fully saturated rings. The Hall–Kier alpha value is -2.04. The van der Waals surface area contributed by atoms with Gasteiger partial charge in [0, 0.05) is 18.8 Å². The second-order valence-corrected chi connectivity index (χ2v) is 4.22. The van der Waals surface area contributed by atoms with Crippen molar-refractivity contribution < 1.29 is 9.13 Å². The molecule has 102 valence electrons. The highest BCUT2D eigenvalue weighted by molar-refractivity contribution is 5.42. The number of ether oxygens (including phenoxy) is 1. The van der Waals surface area contributed by atoms with Gasteiger partial charge in [-0.1, -0.05) is 13.0 Å². The molecule has 1 heterocycles. The van der Waals surface area contributed by atoms with Gasteiger partial charge >= 0.3 is 0 Å². The Morgan fingerprint density at radius 1 is 1.42 bits per heavy atom. The van der Waals surface area contributed by atoms with E-state index in [9.17, 15) is 4.39 Å². The number of benzene rings is 1. The van der Waals surface area contributed by atoms with Crippen LogP contribution < -0.4 is 10.1 Å². The number of nitrogens with zero attached hydrogens (tertiary/aromatic N) is 2. The van der Waals surface area contributed by atoms with Crippen LogP contribution >= 0.6 is 0 Å². The number of hydrogen-bond acceptors (Lipinski definition) is 3. The molecule has 0 saturated carbocycles. The van der Waals surface area contributed by atoms with Gasteiger partial charge in [0.25, 0.3) is 0 Å². The predicted molar refractivity (Wildman–Crippen MR) is 72.9 cm³/mol. The monoisotopic (exact) mass is 263 g/mol. The number of nitrogens with one attached hydrogen (secondary N) is 1. The molecule has 0 aliphatic rings. The van der Waals surface area contributed by atoms with Crippen molar-refractivity contribution in [1.82, 2.24) is 9.78 Å². The lowest BCUT2D eigenvalue weighted by atomic mass is 10.3. The number of rotatable bonds is 7. The van der Waals surface area contributed by atoms with Gasteiger partial charge in [-0.25, -0.2) is 4.39 Å². The molecule has 0 saturated heterocycles. The van der Waals surface area contributed by atoms with Crippen molar-refractivity contribution in [3.63, 3.8) is 0 Å². The van der Waals surface area contributed by atoms with E-state index in [2.05, 4.69) is 17.3 Å². The number of anilines is 1. The Morgan fingerprint density at radius 3 is 3.11 bits per heavy atom. The molecule has 0 radical (unpaired) electrons. The minimum absolute atomic E-state index is 0.244. The van der Waals surface area contributed by atoms with Gasteiger partial charge in [0.1, 0.15) is 12.4 Å². The van der Waals surface area contributed by atoms with E-state index in [0.29, 0.717) is 13.2 Å². The molecule has 19 heavy (non-hydrogen) atoms. The van der Waals surface area contributed by atoms with Crippen molar-refractivity contribution in [2.24, 2.45) is 0 Å². The zero-order valence-electron chi connectivity index (χ0n) is 11.0. The molecule has 1 aromatic heterocycles. The molecule has 0 atom stereocenters. The molecule has 0 spiro atoms. The summed E-state index contributed by atoms with van der Waals surface area (Å²) < 4.78 is 20.3. The first-order valence-electron chi connectivity index (χ1n) is 6.42. The standard InChI is InChI=1S/C14H18FN3O/c1-2-7-18-11-14(10-17-18)19-8-6-16-13-5-3-4-12(15)9-13/h3-5,9-11,16H,2,6-8H2,1H3. The molecule has 4 nitrogen and oxygen atoms in total. The molecule has 0 aliphatic carbocycles. The molecule has 1 aromatic carbocycles. The number of halogens is 1. The topological polar surface area (TPSA) is 39.1 Å². The largest absolute Gasteiger partial charge is 0.488 e. The fraction of sp³-hybridized carbons (Fsp3) is 0.357. The van der Waals surface area contributed by atoms with E-state index in [1.54, 1.807) is 12.3 Å². The summed E-state index contributed by atoms with van der Waals surface area (Å²) in [6.45, 7) is 4.12. The maximum Gasteiger partial charge on any atom is 0.157 e. The quantitative estimate of drug-likeness (QED) is 0.781. The maximum absolute atomic E-state index is 12.9. The first-order valence-corrected chi connectivity index (χ1v) is 6.42. The highest BCUT2D eigenvalue weighted by Crippen LogP contribution is 2.10. The zero-order chi connectivity index (χ0) is 13.5. The first kappa shape index (κ1) is 13.4. The molecule has 0 amide bonds. The van der Waals surface area contributed by atoms with E-state index in [1.807, 2.05) is 16.9 Å². The van der Waals surface area contributed by atoms with Crippen molar-refractivity contribution in [1.29, 1.82) is 0 Å². The Morgan fingerprint density at radius 2 is 2.32 bits per heavy atom. The lowest BCUT2D eigenvalue weighted by molar-refractivity contribution is 0.332. The second-order valence-electron chi connectivity index (χ2n) is 4.22. The Labute approximate surface area is 112 Å². The van der Waals surface area contributed by atoms with Crippen molar-refractivity contribution in [3.05, 3.63) is 42.5 Å². The van der Waals surface area contributed by atoms with Gasteiger partial charge in [0.2, 0.25) is 0 Å². The molecule has 0 aliphatic heterocycles. The average Bonchev–Trinajstić information content (AvgIpc) is 2.83. The van der Waals surface area contributed by atoms with Gasteiger partial charge in [-0.2, -0.15) is 5.10 Å². The van der Waals surface area contributed by atoms with Crippen molar-refractivity contribution in [2.45, 2.75) is 19.9 Å². The summed E-state index contributed by atoms with van der Waals surface area (Å²) in [5.41, 5.74) is 0.755. The fourth-order valence-corrected chi connectivity index (χ4v) is 1.73. The lowest BCUT2D eigenvalue weighted by Crippen LogP contribution is -2.11. The summed E-state index contributed by atoms with van der Waals surface area (Å²) in [7, 11) is 0. The van der Waals surface area contributed by atoms with Gasteiger partial charge in [-0.05, 0) is 24.6 Å². The highest BCUT2D eigenvalue weighted by Gasteiger charge is 1.99. The smallest absolute Gasteiger partial charge is 0.157 e. The number of aromatic nitrogens is 2. The fourth-order valence-electron chi connectivity index (χ4n) is 1.73. The summed E-state index contributed by atoms with van der Waals surface area (Å²) in [5, 5.41) is 7.27. The van der Waals surface area contributed by atoms with Crippen molar-refractivity contribution in [3.8, 4) is 5.75 Å². The van der Waals surface area contributed by atoms with Crippen LogP contribution in [0.2, 0.25) is 0 Å². The number of hydrogen-bond donors (Lipinski definition) is 1. The Balaban J connectivity index is 1.71. The van der Waals surface area contributed by atoms with Crippen LogP contribution in [0.3, 0.4) is 0 Å². The maximum atomic E-state index is 12.9. The molecular formula is C14H18FN3O. The Bertz CT molecular complexity index is 513. The molecule has 0 unspecified atom stereocenters. The molecule has 0 bridgehead atoms. The van der Waals surface area contributed by atoms with Crippen LogP contribution in [0.5, 0.6) is 5.75 Å². The van der Waals surface area contributed by atoms with Crippen molar-refractivity contribution in [2.75, 3.05) is 18.5 Å². The third-order valence-electron chi connectivity index (χ3n) is 2.59. The molecular weight excluding hydrogens is 245 g/mol. The summed E-state index contributed by atoms with van der Waals surface area (Å²) in [4.78, 5) is 0. The van der Waals surface area contributed by atoms with Gasteiger partial charge in [0.05, 0.1) is 12.4 Å². The normalized spacial score (nSPS) is 10.4. The van der Waals surface area contributed by atoms with Gasteiger partial charge in [-0.3, -0.25) is 4.68 Å². The van der Waals surface area contributed by atoms with E-state index >= 15 is 0 Å². The number of aryl methyl sites for hydroxylation is 1. The zero-order valence-corrected chi connectivity index (χ0v) is 11.0. The summed E-state index contributed by atoms with van der Waals surface area (Å²) in [6, 6.07) is 6.37. The Kier molecular flexibility index (Phi) is 4.78. The van der Waals surface area contributed by atoms with Crippen LogP contribution in [0.1, 0.15) is 13.3 Å². The summed E-state index contributed by atoms with van der Waals surface area (Å²) in [6.07, 6.45) is 4.63. The van der Waals surface area contributed by atoms with E-state index < -0.39 is 0 Å². The van der Waals surface area contributed by atoms with Gasteiger partial charge in [-0.15, -0.1) is 0 Å². The van der Waals surface area contributed by atoms with Crippen LogP contribution in [0.15, 0.2) is 36.7 Å². The van der Waals surface area contributed by atoms with Crippen LogP contribution in [0, 0.1) is 5.82 Å². The third-order valence-corrected chi connectivity index (χ3v) is 2.59. The minimum Gasteiger partial charge on any atom is -0.488 e. The minimum atomic E-state index is -0.244. The van der Waals surface area contributed by atoms with E-state index in [0.717, 1.165) is 24.4 Å². The van der Waals surface area contributed by atoms with E-state index in [4.69, 9.17) is 4.74 Å². The van der Waals surface area contributed by atoms with Gasteiger partial charge < -0.3 is 10.1 Å². The molecule has 1 N–H and O–H groups in total. The third kappa shape index (κ3) is 4.28. The van der Waals surface area contributed by atoms with Crippen LogP contribution in [-0.4, -0.2) is 22.9 Å². The van der Waals surface area contributed by atoms with Crippen molar-refractivity contribution >= 4 is 5.69 Å².